The molecule has 0 spiro atoms. The van der Waals surface area contributed by atoms with Crippen LogP contribution in [0.3, 0.4) is 0 Å². The van der Waals surface area contributed by atoms with Crippen molar-refractivity contribution in [3.05, 3.63) is 84.3 Å². The Labute approximate surface area is 229 Å². The Balaban J connectivity index is 1.39. The van der Waals surface area contributed by atoms with E-state index in [1.165, 1.54) is 31.0 Å². The molecule has 1 N–H and O–H groups in total. The van der Waals surface area contributed by atoms with E-state index in [0.29, 0.717) is 40.4 Å². The molecule has 1 amide bonds. The van der Waals surface area contributed by atoms with Crippen molar-refractivity contribution in [1.29, 1.82) is 0 Å². The number of fused-ring (bicyclic) bond motifs is 1. The number of carbonyl (C=O) groups is 1. The van der Waals surface area contributed by atoms with Crippen LogP contribution in [-0.2, 0) is 0 Å². The number of anilines is 1. The van der Waals surface area contributed by atoms with Gasteiger partial charge in [-0.3, -0.25) is 14.8 Å². The largest absolute Gasteiger partial charge is 0.493 e. The van der Waals surface area contributed by atoms with Gasteiger partial charge >= 0.3 is 0 Å². The summed E-state index contributed by atoms with van der Waals surface area (Å²) in [6.07, 6.45) is 6.48. The zero-order valence-electron chi connectivity index (χ0n) is 22.3. The summed E-state index contributed by atoms with van der Waals surface area (Å²) < 4.78 is 39.0. The molecule has 10 nitrogen and oxygen atoms in total. The van der Waals surface area contributed by atoms with Gasteiger partial charge in [-0.15, -0.1) is 0 Å². The highest BCUT2D eigenvalue weighted by molar-refractivity contribution is 6.04. The summed E-state index contributed by atoms with van der Waals surface area (Å²) in [5.74, 6) is 0.647. The van der Waals surface area contributed by atoms with Gasteiger partial charge in [-0.25, -0.2) is 9.07 Å². The third-order valence-corrected chi connectivity index (χ3v) is 6.08. The zero-order valence-corrected chi connectivity index (χ0v) is 22.3. The molecular formula is C29H26FN5O5. The van der Waals surface area contributed by atoms with Crippen molar-refractivity contribution in [2.75, 3.05) is 26.1 Å². The predicted octanol–water partition coefficient (Wildman–Crippen LogP) is 5.72. The molecule has 0 fully saturated rings. The average Bonchev–Trinajstić information content (AvgIpc) is 3.38. The average molecular weight is 544 g/mol. The van der Waals surface area contributed by atoms with Crippen molar-refractivity contribution >= 4 is 22.5 Å². The van der Waals surface area contributed by atoms with Crippen molar-refractivity contribution in [2.24, 2.45) is 0 Å². The number of rotatable bonds is 9. The van der Waals surface area contributed by atoms with Gasteiger partial charge in [0.05, 0.1) is 50.1 Å². The molecule has 40 heavy (non-hydrogen) atoms. The molecule has 0 aliphatic rings. The Hall–Kier alpha value is -5.19. The molecule has 0 radical (unpaired) electrons. The number of carbonyl (C=O) groups excluding carboxylic acids is 1. The summed E-state index contributed by atoms with van der Waals surface area (Å²) in [5, 5.41) is 7.61. The molecule has 0 saturated heterocycles. The van der Waals surface area contributed by atoms with Gasteiger partial charge in [-0.2, -0.15) is 5.10 Å². The van der Waals surface area contributed by atoms with E-state index >= 15 is 4.39 Å². The summed E-state index contributed by atoms with van der Waals surface area (Å²) in [6.45, 7) is 4.02. The number of nitrogens with one attached hydrogen (secondary N) is 1. The first kappa shape index (κ1) is 26.4. The maximum absolute atomic E-state index is 15.1. The summed E-state index contributed by atoms with van der Waals surface area (Å²) in [6, 6.07) is 11.1. The van der Waals surface area contributed by atoms with Gasteiger partial charge in [-0.05, 0) is 49.7 Å². The standard InChI is InChI=1S/C29H26FN5O5/c1-5-39-27-16-35(23-15-31-10-8-17(23)2)34-28(27)29(36)33-21-7-6-18(12-20(21)30)40-24-9-11-32-22-14-26(38-4)25(37-3)13-19(22)24/h6-16H,5H2,1-4H3,(H,33,36). The number of aromatic nitrogens is 4. The fourth-order valence-corrected chi connectivity index (χ4v) is 4.10. The number of pyridine rings is 2. The molecule has 0 bridgehead atoms. The lowest BCUT2D eigenvalue weighted by Crippen LogP contribution is -2.15. The van der Waals surface area contributed by atoms with Crippen molar-refractivity contribution in [3.8, 4) is 34.4 Å². The van der Waals surface area contributed by atoms with Crippen molar-refractivity contribution < 1.29 is 28.1 Å². The molecule has 204 valence electrons. The van der Waals surface area contributed by atoms with Gasteiger partial charge < -0.3 is 24.3 Å². The van der Waals surface area contributed by atoms with E-state index in [2.05, 4.69) is 20.4 Å². The maximum Gasteiger partial charge on any atom is 0.280 e. The van der Waals surface area contributed by atoms with Crippen LogP contribution in [0.5, 0.6) is 28.7 Å². The number of ether oxygens (including phenoxy) is 4. The first-order valence-electron chi connectivity index (χ1n) is 12.3. The van der Waals surface area contributed by atoms with Crippen molar-refractivity contribution in [2.45, 2.75) is 13.8 Å². The van der Waals surface area contributed by atoms with Gasteiger partial charge in [-0.1, -0.05) is 0 Å². The molecule has 3 heterocycles. The molecule has 5 rings (SSSR count). The van der Waals surface area contributed by atoms with E-state index in [9.17, 15) is 4.79 Å². The highest BCUT2D eigenvalue weighted by Gasteiger charge is 2.21. The van der Waals surface area contributed by atoms with Crippen LogP contribution >= 0.6 is 0 Å². The monoisotopic (exact) mass is 543 g/mol. The number of amides is 1. The predicted molar refractivity (Wildman–Crippen MR) is 147 cm³/mol. The SMILES string of the molecule is CCOc1cn(-c2cnccc2C)nc1C(=O)Nc1ccc(Oc2ccnc3cc(OC)c(OC)cc23)cc1F. The van der Waals surface area contributed by atoms with Crippen LogP contribution in [0, 0.1) is 12.7 Å². The zero-order chi connectivity index (χ0) is 28.2. The minimum Gasteiger partial charge on any atom is -0.493 e. The number of hydrogen-bond donors (Lipinski definition) is 1. The normalized spacial score (nSPS) is 10.8. The Morgan fingerprint density at radius 3 is 2.52 bits per heavy atom. The Kier molecular flexibility index (Phi) is 7.45. The summed E-state index contributed by atoms with van der Waals surface area (Å²) in [5.41, 5.74) is 2.18. The molecule has 0 saturated carbocycles. The van der Waals surface area contributed by atoms with Gasteiger partial charge in [0.2, 0.25) is 0 Å². The number of halogens is 1. The lowest BCUT2D eigenvalue weighted by Gasteiger charge is -2.13. The minimum absolute atomic E-state index is 0.0115. The Morgan fingerprint density at radius 2 is 1.80 bits per heavy atom. The second-order valence-electron chi connectivity index (χ2n) is 8.61. The fourth-order valence-electron chi connectivity index (χ4n) is 4.10. The van der Waals surface area contributed by atoms with E-state index in [1.807, 2.05) is 13.0 Å². The Bertz CT molecular complexity index is 1700. The minimum atomic E-state index is -0.691. The molecular weight excluding hydrogens is 517 g/mol. The van der Waals surface area contributed by atoms with Crippen LogP contribution < -0.4 is 24.3 Å². The van der Waals surface area contributed by atoms with Crippen molar-refractivity contribution in [3.63, 3.8) is 0 Å². The second-order valence-corrected chi connectivity index (χ2v) is 8.61. The van der Waals surface area contributed by atoms with E-state index in [0.717, 1.165) is 5.56 Å². The number of methoxy groups -OCH3 is 2. The highest BCUT2D eigenvalue weighted by atomic mass is 19.1. The van der Waals surface area contributed by atoms with Crippen LogP contribution in [0.25, 0.3) is 16.6 Å². The number of hydrogen-bond acceptors (Lipinski definition) is 8. The molecule has 11 heteroatoms. The van der Waals surface area contributed by atoms with E-state index in [-0.39, 0.29) is 22.9 Å². The molecule has 0 aliphatic heterocycles. The second kappa shape index (κ2) is 11.3. The van der Waals surface area contributed by atoms with Gasteiger partial charge in [0.15, 0.2) is 22.9 Å². The lowest BCUT2D eigenvalue weighted by molar-refractivity contribution is 0.101. The van der Waals surface area contributed by atoms with Crippen LogP contribution in [-0.4, -0.2) is 46.5 Å². The van der Waals surface area contributed by atoms with Gasteiger partial charge in [0.1, 0.15) is 17.3 Å². The van der Waals surface area contributed by atoms with E-state index in [1.54, 1.807) is 56.0 Å². The maximum atomic E-state index is 15.1. The number of aryl methyl sites for hydroxylation is 1. The molecule has 0 aliphatic carbocycles. The van der Waals surface area contributed by atoms with Crippen LogP contribution in [0.15, 0.2) is 67.3 Å². The van der Waals surface area contributed by atoms with Gasteiger partial charge in [0.25, 0.3) is 5.91 Å². The summed E-state index contributed by atoms with van der Waals surface area (Å²) in [4.78, 5) is 21.6. The number of nitrogens with zero attached hydrogens (tertiary/aromatic N) is 4. The first-order valence-corrected chi connectivity index (χ1v) is 12.3. The summed E-state index contributed by atoms with van der Waals surface area (Å²) >= 11 is 0. The third-order valence-electron chi connectivity index (χ3n) is 6.08. The first-order chi connectivity index (χ1) is 19.4. The van der Waals surface area contributed by atoms with Gasteiger partial charge in [0, 0.05) is 29.9 Å². The van der Waals surface area contributed by atoms with Crippen molar-refractivity contribution in [1.82, 2.24) is 19.7 Å². The molecule has 3 aromatic heterocycles. The topological polar surface area (TPSA) is 110 Å². The molecule has 5 aromatic rings. The molecule has 0 unspecified atom stereocenters. The van der Waals surface area contributed by atoms with Crippen LogP contribution in [0.1, 0.15) is 23.0 Å². The number of benzene rings is 2. The smallest absolute Gasteiger partial charge is 0.280 e. The molecule has 2 aromatic carbocycles. The van der Waals surface area contributed by atoms with Crippen LogP contribution in [0.2, 0.25) is 0 Å². The van der Waals surface area contributed by atoms with E-state index < -0.39 is 11.7 Å². The molecule has 0 atom stereocenters. The summed E-state index contributed by atoms with van der Waals surface area (Å²) in [7, 11) is 3.07. The third kappa shape index (κ3) is 5.21. The quantitative estimate of drug-likeness (QED) is 0.251. The van der Waals surface area contributed by atoms with E-state index in [4.69, 9.17) is 18.9 Å². The Morgan fingerprint density at radius 1 is 1.00 bits per heavy atom. The highest BCUT2D eigenvalue weighted by Crippen LogP contribution is 2.37. The fraction of sp³-hybridized carbons (Fsp3) is 0.172. The van der Waals surface area contributed by atoms with Crippen LogP contribution in [0.4, 0.5) is 10.1 Å². The lowest BCUT2D eigenvalue weighted by atomic mass is 10.2.